The van der Waals surface area contributed by atoms with E-state index in [1.807, 2.05) is 5.57 Å². The molecule has 0 N–H and O–H groups in total. The lowest BCUT2D eigenvalue weighted by atomic mass is 9.45. The normalized spacial score (nSPS) is 43.2. The molecule has 0 aromatic carbocycles. The minimum Gasteiger partial charge on any atom is -0.463 e. The van der Waals surface area contributed by atoms with E-state index in [0.717, 1.165) is 36.5 Å². The molecule has 3 saturated carbocycles. The fourth-order valence-corrected chi connectivity index (χ4v) is 8.43. The van der Waals surface area contributed by atoms with Crippen molar-refractivity contribution >= 4 is 5.97 Å². The second-order valence-electron chi connectivity index (χ2n) is 12.8. The summed E-state index contributed by atoms with van der Waals surface area (Å²) in [5.41, 5.74) is 2.65. The molecule has 4 aliphatic rings. The minimum absolute atomic E-state index is 0.103. The number of hydrogen-bond donors (Lipinski definition) is 0. The van der Waals surface area contributed by atoms with E-state index in [0.29, 0.717) is 28.6 Å². The van der Waals surface area contributed by atoms with Crippen molar-refractivity contribution in [1.29, 1.82) is 0 Å². The van der Waals surface area contributed by atoms with Crippen LogP contribution in [0.4, 0.5) is 0 Å². The van der Waals surface area contributed by atoms with Crippen molar-refractivity contribution in [2.24, 2.45) is 52.3 Å². The van der Waals surface area contributed by atoms with Gasteiger partial charge in [-0.1, -0.05) is 65.3 Å². The fraction of sp³-hybridized carbons (Fsp3) is 0.833. The van der Waals surface area contributed by atoms with Gasteiger partial charge in [-0.25, -0.2) is 0 Å². The van der Waals surface area contributed by atoms with Crippen LogP contribution in [0.25, 0.3) is 0 Å². The van der Waals surface area contributed by atoms with Gasteiger partial charge < -0.3 is 4.74 Å². The van der Waals surface area contributed by atoms with Gasteiger partial charge in [0.25, 0.3) is 0 Å². The molecule has 0 unspecified atom stereocenters. The summed E-state index contributed by atoms with van der Waals surface area (Å²) >= 11 is 0. The molecule has 0 heterocycles. The molecule has 4 rings (SSSR count). The van der Waals surface area contributed by atoms with Crippen LogP contribution in [-0.4, -0.2) is 12.1 Å². The number of carbonyl (C=O) groups is 1. The first-order chi connectivity index (χ1) is 15.1. The van der Waals surface area contributed by atoms with Crippen molar-refractivity contribution in [2.45, 2.75) is 106 Å². The monoisotopic (exact) mass is 440 g/mol. The lowest BCUT2D eigenvalue weighted by Gasteiger charge is -2.60. The standard InChI is InChI=1S/C30H48O2/c1-19(2)20(3)8-9-21(4)26-12-13-27-25-11-10-23-18-24(32-22(5)31)14-16-29(23,6)28(25)15-17-30(26,27)7/h8-9,13,19-21,23-26,28H,10-12,14-18H2,1-7H3/t20-,21+,23-,24-,25-,26+,28-,29-,30+/m0/s1. The summed E-state index contributed by atoms with van der Waals surface area (Å²) in [5, 5.41) is 0. The van der Waals surface area contributed by atoms with Crippen molar-refractivity contribution in [3.05, 3.63) is 23.8 Å². The number of rotatable bonds is 5. The maximum Gasteiger partial charge on any atom is 0.302 e. The highest BCUT2D eigenvalue weighted by Gasteiger charge is 2.58. The smallest absolute Gasteiger partial charge is 0.302 e. The van der Waals surface area contributed by atoms with Gasteiger partial charge in [0.05, 0.1) is 0 Å². The Bertz CT molecular complexity index is 763. The molecule has 0 bridgehead atoms. The number of allylic oxidation sites excluding steroid dienone is 4. The molecule has 0 saturated heterocycles. The summed E-state index contributed by atoms with van der Waals surface area (Å²) in [5.74, 6) is 5.02. The third kappa shape index (κ3) is 4.14. The van der Waals surface area contributed by atoms with E-state index in [4.69, 9.17) is 4.74 Å². The van der Waals surface area contributed by atoms with Gasteiger partial charge in [0.2, 0.25) is 0 Å². The van der Waals surface area contributed by atoms with E-state index in [1.54, 1.807) is 6.92 Å². The zero-order valence-corrected chi connectivity index (χ0v) is 21.8. The average Bonchev–Trinajstić information content (AvgIpc) is 3.08. The lowest BCUT2D eigenvalue weighted by Crippen LogP contribution is -2.52. The number of hydrogen-bond acceptors (Lipinski definition) is 2. The molecule has 2 nitrogen and oxygen atoms in total. The van der Waals surface area contributed by atoms with Gasteiger partial charge in [-0.2, -0.15) is 0 Å². The Hall–Kier alpha value is -1.05. The van der Waals surface area contributed by atoms with Gasteiger partial charge in [-0.3, -0.25) is 4.79 Å². The minimum atomic E-state index is -0.103. The van der Waals surface area contributed by atoms with Crippen LogP contribution in [0, 0.1) is 52.3 Å². The van der Waals surface area contributed by atoms with E-state index in [1.165, 1.54) is 38.5 Å². The Morgan fingerprint density at radius 3 is 2.50 bits per heavy atom. The van der Waals surface area contributed by atoms with Crippen LogP contribution in [0.2, 0.25) is 0 Å². The van der Waals surface area contributed by atoms with E-state index in [9.17, 15) is 4.79 Å². The number of fused-ring (bicyclic) bond motifs is 5. The first-order valence-corrected chi connectivity index (χ1v) is 13.6. The Morgan fingerprint density at radius 2 is 1.81 bits per heavy atom. The first-order valence-electron chi connectivity index (χ1n) is 13.6. The van der Waals surface area contributed by atoms with Crippen LogP contribution in [0.1, 0.15) is 99.8 Å². The molecule has 3 fully saturated rings. The largest absolute Gasteiger partial charge is 0.463 e. The molecule has 4 aliphatic carbocycles. The topological polar surface area (TPSA) is 26.3 Å². The fourth-order valence-electron chi connectivity index (χ4n) is 8.43. The average molecular weight is 441 g/mol. The summed E-state index contributed by atoms with van der Waals surface area (Å²) in [4.78, 5) is 11.5. The first kappa shape index (κ1) is 24.1. The van der Waals surface area contributed by atoms with E-state index >= 15 is 0 Å². The Kier molecular flexibility index (Phi) is 6.74. The molecule has 0 spiro atoms. The Balaban J connectivity index is 1.48. The van der Waals surface area contributed by atoms with Crippen molar-refractivity contribution in [3.8, 4) is 0 Å². The molecule has 0 aromatic rings. The quantitative estimate of drug-likeness (QED) is 0.320. The molecule has 180 valence electrons. The van der Waals surface area contributed by atoms with Gasteiger partial charge in [0.1, 0.15) is 6.10 Å². The Labute approximate surface area is 197 Å². The summed E-state index contributed by atoms with van der Waals surface area (Å²) < 4.78 is 5.64. The van der Waals surface area contributed by atoms with Crippen molar-refractivity contribution in [2.75, 3.05) is 0 Å². The number of ether oxygens (including phenoxy) is 1. The number of esters is 1. The molecular formula is C30H48O2. The molecule has 2 heteroatoms. The van der Waals surface area contributed by atoms with Crippen molar-refractivity contribution in [1.82, 2.24) is 0 Å². The zero-order valence-electron chi connectivity index (χ0n) is 21.8. The molecular weight excluding hydrogens is 392 g/mol. The van der Waals surface area contributed by atoms with Crippen molar-refractivity contribution in [3.63, 3.8) is 0 Å². The SMILES string of the molecule is CC(=O)O[C@H]1CC[C@@]2(C)[C@@H](CC[C@H]3C4=CC[C@H]([C@H](C)C=C[C@H](C)C(C)C)[C@@]4(C)CC[C@@H]32)C1. The highest BCUT2D eigenvalue weighted by molar-refractivity contribution is 5.66. The molecule has 32 heavy (non-hydrogen) atoms. The zero-order chi connectivity index (χ0) is 23.3. The van der Waals surface area contributed by atoms with Crippen LogP contribution >= 0.6 is 0 Å². The van der Waals surface area contributed by atoms with Crippen LogP contribution < -0.4 is 0 Å². The number of carbonyl (C=O) groups excluding carboxylic acids is 1. The van der Waals surface area contributed by atoms with Crippen LogP contribution in [-0.2, 0) is 9.53 Å². The summed E-state index contributed by atoms with van der Waals surface area (Å²) in [6.45, 7) is 16.2. The highest BCUT2D eigenvalue weighted by Crippen LogP contribution is 2.66. The molecule has 0 radical (unpaired) electrons. The molecule has 0 aliphatic heterocycles. The predicted molar refractivity (Wildman–Crippen MR) is 133 cm³/mol. The third-order valence-corrected chi connectivity index (χ3v) is 10.8. The summed E-state index contributed by atoms with van der Waals surface area (Å²) in [6.07, 6.45) is 17.9. The van der Waals surface area contributed by atoms with Gasteiger partial charge >= 0.3 is 5.97 Å². The predicted octanol–water partition coefficient (Wildman–Crippen LogP) is 7.98. The van der Waals surface area contributed by atoms with Crippen LogP contribution in [0.3, 0.4) is 0 Å². The maximum atomic E-state index is 11.5. The van der Waals surface area contributed by atoms with E-state index < -0.39 is 0 Å². The van der Waals surface area contributed by atoms with Crippen LogP contribution in [0.5, 0.6) is 0 Å². The van der Waals surface area contributed by atoms with Crippen molar-refractivity contribution < 1.29 is 9.53 Å². The molecule has 0 aromatic heterocycles. The highest BCUT2D eigenvalue weighted by atomic mass is 16.5. The van der Waals surface area contributed by atoms with Gasteiger partial charge in [-0.15, -0.1) is 0 Å². The van der Waals surface area contributed by atoms with Gasteiger partial charge in [0.15, 0.2) is 0 Å². The second-order valence-corrected chi connectivity index (χ2v) is 12.8. The summed E-state index contributed by atoms with van der Waals surface area (Å²) in [6, 6.07) is 0. The Morgan fingerprint density at radius 1 is 1.06 bits per heavy atom. The third-order valence-electron chi connectivity index (χ3n) is 10.8. The maximum absolute atomic E-state index is 11.5. The summed E-state index contributed by atoms with van der Waals surface area (Å²) in [7, 11) is 0. The molecule has 0 amide bonds. The second kappa shape index (κ2) is 8.95. The lowest BCUT2D eigenvalue weighted by molar-refractivity contribution is -0.155. The molecule has 9 atom stereocenters. The van der Waals surface area contributed by atoms with Gasteiger partial charge in [-0.05, 0) is 104 Å². The van der Waals surface area contributed by atoms with E-state index in [-0.39, 0.29) is 12.1 Å². The van der Waals surface area contributed by atoms with Crippen LogP contribution in [0.15, 0.2) is 23.8 Å². The van der Waals surface area contributed by atoms with E-state index in [2.05, 4.69) is 59.8 Å². The van der Waals surface area contributed by atoms with Gasteiger partial charge in [0, 0.05) is 6.92 Å².